The average molecular weight is 343 g/mol. The lowest BCUT2D eigenvalue weighted by Gasteiger charge is -2.28. The van der Waals surface area contributed by atoms with Crippen molar-refractivity contribution < 1.29 is 0 Å². The first-order valence-electron chi connectivity index (χ1n) is 8.93. The molecule has 0 spiro atoms. The van der Waals surface area contributed by atoms with Crippen molar-refractivity contribution in [1.82, 2.24) is 14.5 Å². The minimum atomic E-state index is 0.659. The summed E-state index contributed by atoms with van der Waals surface area (Å²) in [4.78, 5) is 11.5. The number of fused-ring (bicyclic) bond motifs is 1. The highest BCUT2D eigenvalue weighted by molar-refractivity contribution is 5.48. The van der Waals surface area contributed by atoms with Crippen LogP contribution in [0.25, 0.3) is 0 Å². The van der Waals surface area contributed by atoms with Gasteiger partial charge in [-0.15, -0.1) is 0 Å². The van der Waals surface area contributed by atoms with E-state index in [2.05, 4.69) is 49.8 Å². The van der Waals surface area contributed by atoms with Gasteiger partial charge < -0.3 is 9.47 Å². The fraction of sp³-hybridized carbons (Fsp3) is 0.286. The highest BCUT2D eigenvalue weighted by atomic mass is 15.2. The van der Waals surface area contributed by atoms with Crippen molar-refractivity contribution in [3.63, 3.8) is 0 Å². The van der Waals surface area contributed by atoms with Crippen LogP contribution in [0.4, 0.5) is 5.82 Å². The number of imidazole rings is 1. The fourth-order valence-electron chi connectivity index (χ4n) is 3.53. The first kappa shape index (κ1) is 16.3. The summed E-state index contributed by atoms with van der Waals surface area (Å²) < 4.78 is 2.28. The fourth-order valence-corrected chi connectivity index (χ4v) is 3.53. The molecule has 0 unspecified atom stereocenters. The van der Waals surface area contributed by atoms with Crippen LogP contribution in [0.5, 0.6) is 0 Å². The predicted octanol–water partition coefficient (Wildman–Crippen LogP) is 3.26. The second-order valence-electron chi connectivity index (χ2n) is 6.71. The van der Waals surface area contributed by atoms with Crippen molar-refractivity contribution in [3.8, 4) is 6.07 Å². The molecular formula is C21H21N5. The van der Waals surface area contributed by atoms with Crippen molar-refractivity contribution in [3.05, 3.63) is 77.0 Å². The highest BCUT2D eigenvalue weighted by Gasteiger charge is 2.22. The number of nitrogens with zero attached hydrogens (tertiary/aromatic N) is 5. The highest BCUT2D eigenvalue weighted by Crippen LogP contribution is 2.24. The van der Waals surface area contributed by atoms with Gasteiger partial charge in [0.2, 0.25) is 0 Å². The largest absolute Gasteiger partial charge is 0.350 e. The van der Waals surface area contributed by atoms with Crippen LogP contribution in [0, 0.1) is 18.3 Å². The number of pyridine rings is 1. The van der Waals surface area contributed by atoms with Crippen LogP contribution < -0.4 is 4.90 Å². The Morgan fingerprint density at radius 2 is 2.04 bits per heavy atom. The molecule has 2 aromatic heterocycles. The van der Waals surface area contributed by atoms with E-state index in [1.165, 1.54) is 11.3 Å². The Kier molecular flexibility index (Phi) is 4.40. The summed E-state index contributed by atoms with van der Waals surface area (Å²) in [5, 5.41) is 9.19. The molecule has 3 aromatic rings. The molecule has 3 heterocycles. The average Bonchev–Trinajstić information content (AvgIpc) is 3.09. The lowest BCUT2D eigenvalue weighted by Crippen LogP contribution is -2.32. The number of hydrogen-bond donors (Lipinski definition) is 0. The van der Waals surface area contributed by atoms with Crippen molar-refractivity contribution >= 4 is 5.82 Å². The molecule has 5 nitrogen and oxygen atoms in total. The molecule has 0 aliphatic carbocycles. The lowest BCUT2D eigenvalue weighted by molar-refractivity contribution is 0.622. The number of benzene rings is 1. The van der Waals surface area contributed by atoms with Crippen LogP contribution in [0.3, 0.4) is 0 Å². The van der Waals surface area contributed by atoms with Crippen molar-refractivity contribution in [1.29, 1.82) is 5.26 Å². The first-order chi connectivity index (χ1) is 12.7. The van der Waals surface area contributed by atoms with Gasteiger partial charge in [-0.25, -0.2) is 9.97 Å². The molecule has 130 valence electrons. The van der Waals surface area contributed by atoms with E-state index < -0.39 is 0 Å². The van der Waals surface area contributed by atoms with E-state index in [0.29, 0.717) is 5.56 Å². The minimum Gasteiger partial charge on any atom is -0.350 e. The Balaban J connectivity index is 1.49. The maximum Gasteiger partial charge on any atom is 0.130 e. The monoisotopic (exact) mass is 343 g/mol. The quantitative estimate of drug-likeness (QED) is 0.729. The standard InChI is InChI=1S/C21H21N5/c1-16-11-18(13-22)12-21(24-16)25-10-8-20-19(14-25)23-15-26(20)9-7-17-5-3-2-4-6-17/h2-6,11-12,15H,7-10,14H2,1H3. The van der Waals surface area contributed by atoms with E-state index in [-0.39, 0.29) is 0 Å². The molecule has 1 aliphatic rings. The van der Waals surface area contributed by atoms with Gasteiger partial charge in [-0.2, -0.15) is 5.26 Å². The summed E-state index contributed by atoms with van der Waals surface area (Å²) in [6, 6.07) is 16.5. The number of aromatic nitrogens is 3. The van der Waals surface area contributed by atoms with E-state index in [4.69, 9.17) is 0 Å². The van der Waals surface area contributed by atoms with Crippen LogP contribution in [-0.2, 0) is 25.9 Å². The van der Waals surface area contributed by atoms with Gasteiger partial charge in [-0.3, -0.25) is 0 Å². The van der Waals surface area contributed by atoms with Gasteiger partial charge in [0.1, 0.15) is 5.82 Å². The molecule has 26 heavy (non-hydrogen) atoms. The molecule has 0 saturated heterocycles. The summed E-state index contributed by atoms with van der Waals surface area (Å²) in [5.74, 6) is 0.867. The number of rotatable bonds is 4. The Bertz CT molecular complexity index is 952. The van der Waals surface area contributed by atoms with Gasteiger partial charge >= 0.3 is 0 Å². The van der Waals surface area contributed by atoms with Crippen LogP contribution >= 0.6 is 0 Å². The van der Waals surface area contributed by atoms with E-state index >= 15 is 0 Å². The number of aryl methyl sites for hydroxylation is 3. The third-order valence-electron chi connectivity index (χ3n) is 4.87. The SMILES string of the molecule is Cc1cc(C#N)cc(N2CCc3c(ncn3CCc3ccccc3)C2)n1. The van der Waals surface area contributed by atoms with E-state index in [9.17, 15) is 5.26 Å². The zero-order chi connectivity index (χ0) is 17.9. The van der Waals surface area contributed by atoms with Crippen LogP contribution in [-0.4, -0.2) is 21.1 Å². The zero-order valence-electron chi connectivity index (χ0n) is 14.9. The number of nitriles is 1. The third kappa shape index (κ3) is 3.31. The molecule has 5 heteroatoms. The molecule has 4 rings (SSSR count). The molecule has 0 amide bonds. The Labute approximate surface area is 153 Å². The van der Waals surface area contributed by atoms with E-state index in [1.807, 2.05) is 31.5 Å². The van der Waals surface area contributed by atoms with Gasteiger partial charge in [-0.05, 0) is 31.0 Å². The second-order valence-corrected chi connectivity index (χ2v) is 6.71. The van der Waals surface area contributed by atoms with Gasteiger partial charge in [0.15, 0.2) is 0 Å². The summed E-state index contributed by atoms with van der Waals surface area (Å²) >= 11 is 0. The maximum absolute atomic E-state index is 9.19. The summed E-state index contributed by atoms with van der Waals surface area (Å²) in [7, 11) is 0. The molecule has 1 aliphatic heterocycles. The normalized spacial score (nSPS) is 13.3. The second kappa shape index (κ2) is 7.01. The first-order valence-corrected chi connectivity index (χ1v) is 8.93. The molecule has 0 radical (unpaired) electrons. The summed E-state index contributed by atoms with van der Waals surface area (Å²) in [6.07, 6.45) is 3.92. The van der Waals surface area contributed by atoms with Crippen molar-refractivity contribution in [2.45, 2.75) is 32.9 Å². The number of anilines is 1. The van der Waals surface area contributed by atoms with Crippen LogP contribution in [0.2, 0.25) is 0 Å². The van der Waals surface area contributed by atoms with E-state index in [1.54, 1.807) is 0 Å². The molecule has 0 saturated carbocycles. The lowest BCUT2D eigenvalue weighted by atomic mass is 10.1. The summed E-state index contributed by atoms with van der Waals surface area (Å²) in [6.45, 7) is 4.52. The topological polar surface area (TPSA) is 57.7 Å². The Hall–Kier alpha value is -3.13. The van der Waals surface area contributed by atoms with Gasteiger partial charge in [0, 0.05) is 30.9 Å². The van der Waals surface area contributed by atoms with Crippen molar-refractivity contribution in [2.24, 2.45) is 0 Å². The van der Waals surface area contributed by atoms with Gasteiger partial charge in [0.25, 0.3) is 0 Å². The predicted molar refractivity (Wildman–Crippen MR) is 101 cm³/mol. The minimum absolute atomic E-state index is 0.659. The zero-order valence-corrected chi connectivity index (χ0v) is 14.9. The van der Waals surface area contributed by atoms with Gasteiger partial charge in [-0.1, -0.05) is 30.3 Å². The smallest absolute Gasteiger partial charge is 0.130 e. The van der Waals surface area contributed by atoms with Crippen molar-refractivity contribution in [2.75, 3.05) is 11.4 Å². The Morgan fingerprint density at radius 1 is 1.19 bits per heavy atom. The molecule has 0 bridgehead atoms. The molecular weight excluding hydrogens is 322 g/mol. The molecule has 0 N–H and O–H groups in total. The maximum atomic E-state index is 9.19. The van der Waals surface area contributed by atoms with Gasteiger partial charge in [0.05, 0.1) is 30.2 Å². The summed E-state index contributed by atoms with van der Waals surface area (Å²) in [5.41, 5.74) is 5.32. The molecule has 0 atom stereocenters. The Morgan fingerprint density at radius 3 is 2.85 bits per heavy atom. The molecule has 1 aromatic carbocycles. The van der Waals surface area contributed by atoms with Crippen LogP contribution in [0.15, 0.2) is 48.8 Å². The number of hydrogen-bond acceptors (Lipinski definition) is 4. The molecule has 0 fully saturated rings. The third-order valence-corrected chi connectivity index (χ3v) is 4.87. The van der Waals surface area contributed by atoms with Crippen LogP contribution in [0.1, 0.15) is 28.2 Å². The van der Waals surface area contributed by atoms with E-state index in [0.717, 1.165) is 49.7 Å².